The molecule has 0 bridgehead atoms. The van der Waals surface area contributed by atoms with Gasteiger partial charge in [-0.15, -0.1) is 11.3 Å². The van der Waals surface area contributed by atoms with Crippen molar-refractivity contribution in [1.29, 1.82) is 0 Å². The van der Waals surface area contributed by atoms with Crippen LogP contribution in [0.2, 0.25) is 0 Å². The lowest BCUT2D eigenvalue weighted by molar-refractivity contribution is 0.587. The van der Waals surface area contributed by atoms with Gasteiger partial charge in [0.15, 0.2) is 0 Å². The zero-order chi connectivity index (χ0) is 13.6. The molecule has 4 nitrogen and oxygen atoms in total. The minimum atomic E-state index is -3.38. The molecule has 0 N–H and O–H groups in total. The molecular formula is C13H12N2O2S2. The van der Waals surface area contributed by atoms with Crippen LogP contribution in [-0.2, 0) is 10.0 Å². The van der Waals surface area contributed by atoms with Crippen molar-refractivity contribution >= 4 is 31.4 Å². The average molecular weight is 292 g/mol. The van der Waals surface area contributed by atoms with Gasteiger partial charge in [0.25, 0.3) is 10.0 Å². The molecule has 0 aliphatic heterocycles. The van der Waals surface area contributed by atoms with Crippen LogP contribution in [0.5, 0.6) is 0 Å². The highest BCUT2D eigenvalue weighted by molar-refractivity contribution is 7.89. The number of thiophene rings is 1. The highest BCUT2D eigenvalue weighted by atomic mass is 32.2. The summed E-state index contributed by atoms with van der Waals surface area (Å²) >= 11 is 1.59. The molecular weight excluding hydrogens is 280 g/mol. The highest BCUT2D eigenvalue weighted by Crippen LogP contribution is 2.37. The number of fused-ring (bicyclic) bond motifs is 1. The number of rotatable bonds is 2. The van der Waals surface area contributed by atoms with Crippen molar-refractivity contribution in [3.8, 4) is 10.6 Å². The number of aryl methyl sites for hydroxylation is 1. The predicted molar refractivity (Wildman–Crippen MR) is 78.0 cm³/mol. The summed E-state index contributed by atoms with van der Waals surface area (Å²) in [5.41, 5.74) is 1.72. The van der Waals surface area contributed by atoms with Crippen LogP contribution in [0.1, 0.15) is 5.56 Å². The van der Waals surface area contributed by atoms with E-state index in [1.165, 1.54) is 6.20 Å². The zero-order valence-corrected chi connectivity index (χ0v) is 12.1. The number of aromatic nitrogens is 2. The third-order valence-corrected chi connectivity index (χ3v) is 5.22. The highest BCUT2D eigenvalue weighted by Gasteiger charge is 2.18. The normalized spacial score (nSPS) is 12.1. The first kappa shape index (κ1) is 12.4. The minimum absolute atomic E-state index is 0.626. The summed E-state index contributed by atoms with van der Waals surface area (Å²) in [4.78, 5) is 0.948. The van der Waals surface area contributed by atoms with Gasteiger partial charge < -0.3 is 0 Å². The Kier molecular flexibility index (Phi) is 2.72. The summed E-state index contributed by atoms with van der Waals surface area (Å²) in [6.45, 7) is 2.01. The first-order valence-electron chi connectivity index (χ1n) is 5.71. The van der Waals surface area contributed by atoms with Crippen molar-refractivity contribution in [2.24, 2.45) is 0 Å². The molecule has 0 saturated heterocycles. The van der Waals surface area contributed by atoms with Gasteiger partial charge in [-0.3, -0.25) is 0 Å². The van der Waals surface area contributed by atoms with E-state index >= 15 is 0 Å². The topological polar surface area (TPSA) is 52.0 Å². The molecule has 0 radical (unpaired) electrons. The lowest BCUT2D eigenvalue weighted by Crippen LogP contribution is -2.12. The van der Waals surface area contributed by atoms with Gasteiger partial charge in [0, 0.05) is 4.70 Å². The van der Waals surface area contributed by atoms with Gasteiger partial charge in [-0.05, 0) is 30.0 Å². The van der Waals surface area contributed by atoms with E-state index in [0.29, 0.717) is 5.69 Å². The zero-order valence-electron chi connectivity index (χ0n) is 10.5. The van der Waals surface area contributed by atoms with Crippen LogP contribution in [0.3, 0.4) is 0 Å². The summed E-state index contributed by atoms with van der Waals surface area (Å²) in [7, 11) is -3.38. The first-order valence-corrected chi connectivity index (χ1v) is 8.38. The molecule has 0 aliphatic rings. The fourth-order valence-corrected chi connectivity index (χ4v) is 4.15. The van der Waals surface area contributed by atoms with Crippen LogP contribution in [0.25, 0.3) is 20.7 Å². The van der Waals surface area contributed by atoms with Gasteiger partial charge in [-0.2, -0.15) is 9.19 Å². The lowest BCUT2D eigenvalue weighted by atomic mass is 10.1. The second-order valence-electron chi connectivity index (χ2n) is 4.37. The van der Waals surface area contributed by atoms with Gasteiger partial charge in [-0.1, -0.05) is 18.2 Å². The van der Waals surface area contributed by atoms with E-state index in [0.717, 1.165) is 30.9 Å². The molecule has 2 heterocycles. The number of benzene rings is 1. The lowest BCUT2D eigenvalue weighted by Gasteiger charge is -2.03. The third kappa shape index (κ3) is 1.97. The van der Waals surface area contributed by atoms with Crippen LogP contribution in [0.4, 0.5) is 0 Å². The van der Waals surface area contributed by atoms with E-state index in [1.807, 2.05) is 31.2 Å². The van der Waals surface area contributed by atoms with Gasteiger partial charge in [0.1, 0.15) is 0 Å². The van der Waals surface area contributed by atoms with Gasteiger partial charge in [0.2, 0.25) is 0 Å². The molecule has 0 amide bonds. The van der Waals surface area contributed by atoms with Crippen molar-refractivity contribution in [3.63, 3.8) is 0 Å². The Labute approximate surface area is 115 Å². The van der Waals surface area contributed by atoms with Crippen LogP contribution in [0, 0.1) is 6.92 Å². The first-order chi connectivity index (χ1) is 8.98. The van der Waals surface area contributed by atoms with Crippen LogP contribution in [-0.4, -0.2) is 23.9 Å². The number of nitrogens with zero attached hydrogens (tertiary/aromatic N) is 2. The molecule has 3 aromatic rings. The SMILES string of the molecule is Cc1c(-c2ccnn2S(C)(=O)=O)sc2ccccc12. The Balaban J connectivity index is 2.32. The van der Waals surface area contributed by atoms with Crippen LogP contribution < -0.4 is 0 Å². The van der Waals surface area contributed by atoms with Crippen LogP contribution >= 0.6 is 11.3 Å². The largest absolute Gasteiger partial charge is 0.251 e. The second-order valence-corrected chi connectivity index (χ2v) is 7.24. The molecule has 19 heavy (non-hydrogen) atoms. The second kappa shape index (κ2) is 4.18. The molecule has 0 saturated carbocycles. The van der Waals surface area contributed by atoms with Crippen molar-refractivity contribution in [2.45, 2.75) is 6.92 Å². The van der Waals surface area contributed by atoms with E-state index in [1.54, 1.807) is 17.4 Å². The fourth-order valence-electron chi connectivity index (χ4n) is 2.14. The summed E-state index contributed by atoms with van der Waals surface area (Å²) in [6.07, 6.45) is 2.67. The molecule has 0 spiro atoms. The van der Waals surface area contributed by atoms with Gasteiger partial charge in [-0.25, -0.2) is 8.42 Å². The molecule has 0 aliphatic carbocycles. The maximum atomic E-state index is 11.7. The Morgan fingerprint density at radius 2 is 1.95 bits per heavy atom. The van der Waals surface area contributed by atoms with E-state index in [4.69, 9.17) is 0 Å². The van der Waals surface area contributed by atoms with Gasteiger partial charge in [0.05, 0.1) is 23.0 Å². The summed E-state index contributed by atoms with van der Waals surface area (Å²) < 4.78 is 25.7. The van der Waals surface area contributed by atoms with Crippen LogP contribution in [0.15, 0.2) is 36.5 Å². The van der Waals surface area contributed by atoms with E-state index in [-0.39, 0.29) is 0 Å². The standard InChI is InChI=1S/C13H12N2O2S2/c1-9-10-5-3-4-6-12(10)18-13(9)11-7-8-14-15(11)19(2,16)17/h3-8H,1-2H3. The molecule has 3 rings (SSSR count). The fraction of sp³-hybridized carbons (Fsp3) is 0.154. The monoisotopic (exact) mass is 292 g/mol. The molecule has 6 heteroatoms. The maximum Gasteiger partial charge on any atom is 0.251 e. The van der Waals surface area contributed by atoms with Gasteiger partial charge >= 0.3 is 0 Å². The van der Waals surface area contributed by atoms with E-state index in [9.17, 15) is 8.42 Å². The van der Waals surface area contributed by atoms with E-state index in [2.05, 4.69) is 5.10 Å². The summed E-state index contributed by atoms with van der Waals surface area (Å²) in [6, 6.07) is 9.79. The smallest absolute Gasteiger partial charge is 0.205 e. The Morgan fingerprint density at radius 1 is 1.21 bits per heavy atom. The summed E-state index contributed by atoms with van der Waals surface area (Å²) in [5, 5.41) is 5.07. The Hall–Kier alpha value is -1.66. The number of hydrogen-bond donors (Lipinski definition) is 0. The molecule has 2 aromatic heterocycles. The van der Waals surface area contributed by atoms with E-state index < -0.39 is 10.0 Å². The van der Waals surface area contributed by atoms with Crippen molar-refractivity contribution < 1.29 is 8.42 Å². The number of hydrogen-bond acceptors (Lipinski definition) is 4. The van der Waals surface area contributed by atoms with Crippen molar-refractivity contribution in [3.05, 3.63) is 42.1 Å². The maximum absolute atomic E-state index is 11.7. The summed E-state index contributed by atoms with van der Waals surface area (Å²) in [5.74, 6) is 0. The quantitative estimate of drug-likeness (QED) is 0.730. The Bertz CT molecular complexity index is 860. The molecule has 98 valence electrons. The Morgan fingerprint density at radius 3 is 2.63 bits per heavy atom. The van der Waals surface area contributed by atoms with Crippen molar-refractivity contribution in [1.82, 2.24) is 9.19 Å². The predicted octanol–water partition coefficient (Wildman–Crippen LogP) is 2.88. The minimum Gasteiger partial charge on any atom is -0.205 e. The molecule has 1 aromatic carbocycles. The van der Waals surface area contributed by atoms with Crippen molar-refractivity contribution in [2.75, 3.05) is 6.26 Å². The molecule has 0 atom stereocenters. The average Bonchev–Trinajstić information content (AvgIpc) is 2.94. The molecule has 0 fully saturated rings. The third-order valence-electron chi connectivity index (χ3n) is 3.00. The molecule has 0 unspecified atom stereocenters.